The minimum atomic E-state index is -1.82. The SMILES string of the molecule is C=CCc1cc(Cl)ccc1OCCCN1CCCCC1.O=C(O)C(=O)O. The maximum Gasteiger partial charge on any atom is 0.414 e. The molecule has 1 heterocycles. The van der Waals surface area contributed by atoms with Crippen LogP contribution in [0.15, 0.2) is 30.9 Å². The number of carboxylic acids is 2. The highest BCUT2D eigenvalue weighted by Crippen LogP contribution is 2.24. The molecular formula is C19H26ClNO5. The Morgan fingerprint density at radius 2 is 1.85 bits per heavy atom. The summed E-state index contributed by atoms with van der Waals surface area (Å²) in [4.78, 5) is 20.7. The van der Waals surface area contributed by atoms with Gasteiger partial charge in [-0.05, 0) is 62.5 Å². The number of rotatable bonds is 7. The highest BCUT2D eigenvalue weighted by molar-refractivity contribution is 6.30. The van der Waals surface area contributed by atoms with Gasteiger partial charge in [-0.2, -0.15) is 0 Å². The molecule has 2 rings (SSSR count). The van der Waals surface area contributed by atoms with E-state index < -0.39 is 11.9 Å². The van der Waals surface area contributed by atoms with Gasteiger partial charge < -0.3 is 19.8 Å². The molecule has 6 nitrogen and oxygen atoms in total. The van der Waals surface area contributed by atoms with Crippen molar-refractivity contribution in [3.63, 3.8) is 0 Å². The molecule has 0 unspecified atom stereocenters. The third-order valence-electron chi connectivity index (χ3n) is 3.89. The van der Waals surface area contributed by atoms with E-state index in [1.54, 1.807) is 0 Å². The standard InChI is InChI=1S/C17H24ClNO.C2H2O4/c1-2-7-15-14-16(18)8-9-17(15)20-13-6-12-19-10-4-3-5-11-19;3-1(4)2(5)6/h2,8-9,14H,1,3-7,10-13H2;(H,3,4)(H,5,6). The Morgan fingerprint density at radius 3 is 2.42 bits per heavy atom. The van der Waals surface area contributed by atoms with Gasteiger partial charge in [0.15, 0.2) is 0 Å². The summed E-state index contributed by atoms with van der Waals surface area (Å²) in [6.45, 7) is 8.19. The van der Waals surface area contributed by atoms with Gasteiger partial charge in [-0.25, -0.2) is 9.59 Å². The fraction of sp³-hybridized carbons (Fsp3) is 0.474. The lowest BCUT2D eigenvalue weighted by atomic mass is 10.1. The summed E-state index contributed by atoms with van der Waals surface area (Å²) in [5.41, 5.74) is 1.12. The molecule has 1 aromatic rings. The van der Waals surface area contributed by atoms with Gasteiger partial charge in [0.1, 0.15) is 5.75 Å². The summed E-state index contributed by atoms with van der Waals surface area (Å²) in [6.07, 6.45) is 7.84. The molecule has 7 heteroatoms. The van der Waals surface area contributed by atoms with E-state index >= 15 is 0 Å². The predicted octanol–water partition coefficient (Wildman–Crippen LogP) is 3.48. The minimum Gasteiger partial charge on any atom is -0.493 e. The lowest BCUT2D eigenvalue weighted by molar-refractivity contribution is -0.159. The molecular weight excluding hydrogens is 358 g/mol. The Kier molecular flexibility index (Phi) is 10.4. The molecule has 0 amide bonds. The van der Waals surface area contributed by atoms with Crippen LogP contribution < -0.4 is 4.74 Å². The van der Waals surface area contributed by atoms with Crippen molar-refractivity contribution in [2.24, 2.45) is 0 Å². The second-order valence-electron chi connectivity index (χ2n) is 5.96. The number of hydrogen-bond donors (Lipinski definition) is 2. The molecule has 0 spiro atoms. The lowest BCUT2D eigenvalue weighted by Crippen LogP contribution is -2.31. The number of aliphatic carboxylic acids is 2. The van der Waals surface area contributed by atoms with E-state index in [0.29, 0.717) is 0 Å². The van der Waals surface area contributed by atoms with Gasteiger partial charge in [-0.15, -0.1) is 6.58 Å². The average molecular weight is 384 g/mol. The second kappa shape index (κ2) is 12.3. The maximum absolute atomic E-state index is 9.10. The quantitative estimate of drug-likeness (QED) is 0.426. The van der Waals surface area contributed by atoms with Gasteiger partial charge in [0.25, 0.3) is 0 Å². The third kappa shape index (κ3) is 8.87. The van der Waals surface area contributed by atoms with Crippen LogP contribution in [-0.2, 0) is 16.0 Å². The average Bonchev–Trinajstić information content (AvgIpc) is 2.62. The molecule has 0 saturated carbocycles. The van der Waals surface area contributed by atoms with Crippen LogP contribution in [0.1, 0.15) is 31.2 Å². The zero-order valence-corrected chi connectivity index (χ0v) is 15.6. The largest absolute Gasteiger partial charge is 0.493 e. The van der Waals surface area contributed by atoms with Gasteiger partial charge in [0.05, 0.1) is 6.61 Å². The first-order valence-corrected chi connectivity index (χ1v) is 9.02. The normalized spacial score (nSPS) is 14.0. The van der Waals surface area contributed by atoms with E-state index in [0.717, 1.165) is 42.3 Å². The molecule has 26 heavy (non-hydrogen) atoms. The molecule has 1 saturated heterocycles. The fourth-order valence-corrected chi connectivity index (χ4v) is 2.85. The van der Waals surface area contributed by atoms with Crippen molar-refractivity contribution in [2.45, 2.75) is 32.1 Å². The maximum atomic E-state index is 9.10. The molecule has 1 aliphatic rings. The highest BCUT2D eigenvalue weighted by Gasteiger charge is 2.09. The molecule has 1 aliphatic heterocycles. The van der Waals surface area contributed by atoms with Gasteiger partial charge in [0, 0.05) is 11.6 Å². The number of halogens is 1. The minimum absolute atomic E-state index is 0.752. The molecule has 1 aromatic carbocycles. The second-order valence-corrected chi connectivity index (χ2v) is 6.40. The van der Waals surface area contributed by atoms with E-state index in [4.69, 9.17) is 36.1 Å². The lowest BCUT2D eigenvalue weighted by Gasteiger charge is -2.26. The number of hydrogen-bond acceptors (Lipinski definition) is 4. The van der Waals surface area contributed by atoms with E-state index in [1.165, 1.54) is 32.4 Å². The molecule has 144 valence electrons. The van der Waals surface area contributed by atoms with Crippen LogP contribution >= 0.6 is 11.6 Å². The molecule has 0 radical (unpaired) electrons. The zero-order valence-electron chi connectivity index (χ0n) is 14.8. The summed E-state index contributed by atoms with van der Waals surface area (Å²) >= 11 is 6.02. The van der Waals surface area contributed by atoms with Crippen LogP contribution in [0.3, 0.4) is 0 Å². The molecule has 2 N–H and O–H groups in total. The van der Waals surface area contributed by atoms with Crippen LogP contribution in [0.5, 0.6) is 5.75 Å². The van der Waals surface area contributed by atoms with Crippen molar-refractivity contribution in [3.05, 3.63) is 41.4 Å². The monoisotopic (exact) mass is 383 g/mol. The molecule has 1 fully saturated rings. The third-order valence-corrected chi connectivity index (χ3v) is 4.13. The van der Waals surface area contributed by atoms with E-state index in [2.05, 4.69) is 11.5 Å². The first-order valence-electron chi connectivity index (χ1n) is 8.64. The molecule has 0 bridgehead atoms. The summed E-state index contributed by atoms with van der Waals surface area (Å²) in [6, 6.07) is 5.80. The predicted molar refractivity (Wildman–Crippen MR) is 101 cm³/mol. The van der Waals surface area contributed by atoms with E-state index in [-0.39, 0.29) is 0 Å². The van der Waals surface area contributed by atoms with E-state index in [1.807, 2.05) is 24.3 Å². The Hall–Kier alpha value is -2.05. The first-order chi connectivity index (χ1) is 12.4. The van der Waals surface area contributed by atoms with Crippen LogP contribution in [0.2, 0.25) is 5.02 Å². The van der Waals surface area contributed by atoms with Crippen molar-refractivity contribution in [1.82, 2.24) is 4.90 Å². The van der Waals surface area contributed by atoms with Crippen LogP contribution in [0, 0.1) is 0 Å². The number of carbonyl (C=O) groups is 2. The van der Waals surface area contributed by atoms with Gasteiger partial charge in [-0.1, -0.05) is 24.1 Å². The van der Waals surface area contributed by atoms with Crippen molar-refractivity contribution in [2.75, 3.05) is 26.2 Å². The summed E-state index contributed by atoms with van der Waals surface area (Å²) in [5, 5.41) is 15.5. The molecule has 0 aromatic heterocycles. The van der Waals surface area contributed by atoms with E-state index in [9.17, 15) is 0 Å². The van der Waals surface area contributed by atoms with Gasteiger partial charge in [-0.3, -0.25) is 0 Å². The Balaban J connectivity index is 0.000000487. The molecule has 0 atom stereocenters. The molecule has 0 aliphatic carbocycles. The van der Waals surface area contributed by atoms with Crippen molar-refractivity contribution in [3.8, 4) is 5.75 Å². The number of likely N-dealkylation sites (tertiary alicyclic amines) is 1. The van der Waals surface area contributed by atoms with Crippen molar-refractivity contribution < 1.29 is 24.5 Å². The number of allylic oxidation sites excluding steroid dienone is 1. The highest BCUT2D eigenvalue weighted by atomic mass is 35.5. The van der Waals surface area contributed by atoms with Crippen molar-refractivity contribution in [1.29, 1.82) is 0 Å². The topological polar surface area (TPSA) is 87.1 Å². The summed E-state index contributed by atoms with van der Waals surface area (Å²) in [5.74, 6) is -2.71. The van der Waals surface area contributed by atoms with Gasteiger partial charge >= 0.3 is 11.9 Å². The van der Waals surface area contributed by atoms with Crippen LogP contribution in [0.4, 0.5) is 0 Å². The number of carboxylic acid groups (broad SMARTS) is 2. The number of benzene rings is 1. The fourth-order valence-electron chi connectivity index (χ4n) is 2.66. The van der Waals surface area contributed by atoms with Crippen LogP contribution in [0.25, 0.3) is 0 Å². The zero-order chi connectivity index (χ0) is 19.4. The summed E-state index contributed by atoms with van der Waals surface area (Å²) < 4.78 is 5.90. The van der Waals surface area contributed by atoms with Crippen LogP contribution in [-0.4, -0.2) is 53.3 Å². The number of ether oxygens (including phenoxy) is 1. The number of nitrogens with zero attached hydrogens (tertiary/aromatic N) is 1. The summed E-state index contributed by atoms with van der Waals surface area (Å²) in [7, 11) is 0. The Morgan fingerprint density at radius 1 is 1.19 bits per heavy atom. The Labute approximate surface area is 159 Å². The first kappa shape index (κ1) is 22.0. The Bertz CT molecular complexity index is 588. The van der Waals surface area contributed by atoms with Gasteiger partial charge in [0.2, 0.25) is 0 Å². The number of piperidine rings is 1. The smallest absolute Gasteiger partial charge is 0.414 e. The van der Waals surface area contributed by atoms with Crippen molar-refractivity contribution >= 4 is 23.5 Å².